The van der Waals surface area contributed by atoms with Crippen LogP contribution < -0.4 is 0 Å². The van der Waals surface area contributed by atoms with Crippen LogP contribution in [0.15, 0.2) is 29.3 Å². The lowest BCUT2D eigenvalue weighted by Gasteiger charge is -2.27. The monoisotopic (exact) mass is 270 g/mol. The standard InChI is InChI=1S/C14H14N4S/c1-5-6-18-8-16-13-11(7-15)14(19-4)17-9(2)12(13)10(18)3/h5,8H,1,3,6H2,2,4H3. The molecule has 1 aliphatic rings. The van der Waals surface area contributed by atoms with Gasteiger partial charge in [0.25, 0.3) is 0 Å². The number of nitriles is 1. The molecule has 0 aliphatic carbocycles. The number of nitrogens with zero attached hydrogens (tertiary/aromatic N) is 4. The molecule has 0 spiro atoms. The summed E-state index contributed by atoms with van der Waals surface area (Å²) in [6, 6.07) is 2.19. The van der Waals surface area contributed by atoms with Gasteiger partial charge < -0.3 is 4.90 Å². The van der Waals surface area contributed by atoms with Crippen LogP contribution in [0.4, 0.5) is 5.69 Å². The summed E-state index contributed by atoms with van der Waals surface area (Å²) in [6.07, 6.45) is 5.38. The van der Waals surface area contributed by atoms with E-state index in [1.165, 1.54) is 11.8 Å². The van der Waals surface area contributed by atoms with Crippen LogP contribution in [-0.4, -0.2) is 29.0 Å². The average Bonchev–Trinajstić information content (AvgIpc) is 2.41. The molecule has 4 nitrogen and oxygen atoms in total. The first-order valence-corrected chi connectivity index (χ1v) is 6.96. The van der Waals surface area contributed by atoms with Gasteiger partial charge in [0.1, 0.15) is 16.7 Å². The number of aliphatic imine (C=N–C) groups is 1. The Morgan fingerprint density at radius 3 is 2.89 bits per heavy atom. The van der Waals surface area contributed by atoms with E-state index in [0.717, 1.165) is 17.0 Å². The second-order valence-electron chi connectivity index (χ2n) is 4.05. The van der Waals surface area contributed by atoms with Gasteiger partial charge >= 0.3 is 0 Å². The van der Waals surface area contributed by atoms with Crippen molar-refractivity contribution in [2.75, 3.05) is 12.8 Å². The minimum Gasteiger partial charge on any atom is -0.328 e. The van der Waals surface area contributed by atoms with Gasteiger partial charge in [-0.05, 0) is 13.2 Å². The Labute approximate surface area is 117 Å². The third kappa shape index (κ3) is 2.15. The topological polar surface area (TPSA) is 52.3 Å². The fourth-order valence-corrected chi connectivity index (χ4v) is 2.60. The molecular weight excluding hydrogens is 256 g/mol. The smallest absolute Gasteiger partial charge is 0.116 e. The van der Waals surface area contributed by atoms with Crippen molar-refractivity contribution in [3.8, 4) is 6.07 Å². The number of hydrogen-bond donors (Lipinski definition) is 0. The number of fused-ring (bicyclic) bond motifs is 1. The fourth-order valence-electron chi connectivity index (χ4n) is 2.02. The number of pyridine rings is 1. The minimum absolute atomic E-state index is 0.517. The highest BCUT2D eigenvalue weighted by Crippen LogP contribution is 2.38. The van der Waals surface area contributed by atoms with E-state index >= 15 is 0 Å². The molecule has 0 saturated heterocycles. The molecular formula is C14H14N4S. The normalized spacial score (nSPS) is 13.1. The molecule has 1 aliphatic heterocycles. The Morgan fingerprint density at radius 1 is 1.58 bits per heavy atom. The fraction of sp³-hybridized carbons (Fsp3) is 0.214. The summed E-state index contributed by atoms with van der Waals surface area (Å²) in [7, 11) is 0. The first kappa shape index (κ1) is 13.4. The van der Waals surface area contributed by atoms with Crippen LogP contribution >= 0.6 is 11.8 Å². The minimum atomic E-state index is 0.517. The third-order valence-corrected chi connectivity index (χ3v) is 3.59. The van der Waals surface area contributed by atoms with Gasteiger partial charge in [-0.15, -0.1) is 18.3 Å². The number of aryl methyl sites for hydroxylation is 1. The molecule has 2 rings (SSSR count). The van der Waals surface area contributed by atoms with Crippen molar-refractivity contribution in [1.82, 2.24) is 9.88 Å². The van der Waals surface area contributed by atoms with Gasteiger partial charge in [0.15, 0.2) is 0 Å². The molecule has 0 atom stereocenters. The van der Waals surface area contributed by atoms with Crippen molar-refractivity contribution in [1.29, 1.82) is 5.26 Å². The predicted octanol–water partition coefficient (Wildman–Crippen LogP) is 3.12. The van der Waals surface area contributed by atoms with E-state index in [-0.39, 0.29) is 0 Å². The van der Waals surface area contributed by atoms with Crippen LogP contribution in [0.25, 0.3) is 5.70 Å². The average molecular weight is 270 g/mol. The van der Waals surface area contributed by atoms with Crippen LogP contribution in [0.5, 0.6) is 0 Å². The van der Waals surface area contributed by atoms with Gasteiger partial charge in [0.05, 0.1) is 17.7 Å². The molecule has 0 radical (unpaired) electrons. The Balaban J connectivity index is 2.67. The summed E-state index contributed by atoms with van der Waals surface area (Å²) >= 11 is 1.45. The van der Waals surface area contributed by atoms with Gasteiger partial charge in [0, 0.05) is 17.8 Å². The predicted molar refractivity (Wildman–Crippen MR) is 79.6 cm³/mol. The summed E-state index contributed by atoms with van der Waals surface area (Å²) in [5.41, 5.74) is 3.68. The van der Waals surface area contributed by atoms with Crippen molar-refractivity contribution in [2.24, 2.45) is 4.99 Å². The second-order valence-corrected chi connectivity index (χ2v) is 4.84. The highest BCUT2D eigenvalue weighted by atomic mass is 32.2. The third-order valence-electron chi connectivity index (χ3n) is 2.91. The van der Waals surface area contributed by atoms with E-state index in [9.17, 15) is 5.26 Å². The van der Waals surface area contributed by atoms with E-state index in [0.29, 0.717) is 22.8 Å². The highest BCUT2D eigenvalue weighted by Gasteiger charge is 2.24. The number of hydrogen-bond acceptors (Lipinski definition) is 5. The van der Waals surface area contributed by atoms with Crippen molar-refractivity contribution in [2.45, 2.75) is 11.9 Å². The lowest BCUT2D eigenvalue weighted by Crippen LogP contribution is -2.23. The summed E-state index contributed by atoms with van der Waals surface area (Å²) in [5, 5.41) is 10.0. The second kappa shape index (κ2) is 5.29. The Kier molecular flexibility index (Phi) is 3.72. The molecule has 0 amide bonds. The molecule has 96 valence electrons. The van der Waals surface area contributed by atoms with Gasteiger partial charge in [-0.1, -0.05) is 12.7 Å². The molecule has 0 N–H and O–H groups in total. The van der Waals surface area contributed by atoms with Crippen molar-refractivity contribution >= 4 is 29.5 Å². The van der Waals surface area contributed by atoms with E-state index in [2.05, 4.69) is 29.2 Å². The largest absolute Gasteiger partial charge is 0.328 e. The lowest BCUT2D eigenvalue weighted by atomic mass is 10.0. The zero-order valence-corrected chi connectivity index (χ0v) is 11.8. The quantitative estimate of drug-likeness (QED) is 0.625. The number of aromatic nitrogens is 1. The number of rotatable bonds is 3. The lowest BCUT2D eigenvalue weighted by molar-refractivity contribution is 0.663. The zero-order chi connectivity index (χ0) is 14.0. The molecule has 19 heavy (non-hydrogen) atoms. The van der Waals surface area contributed by atoms with Gasteiger partial charge in [-0.25, -0.2) is 9.98 Å². The molecule has 1 aromatic heterocycles. The van der Waals surface area contributed by atoms with Crippen LogP contribution in [0.3, 0.4) is 0 Å². The Hall–Kier alpha value is -2.06. The molecule has 0 aromatic carbocycles. The maximum absolute atomic E-state index is 9.32. The molecule has 0 unspecified atom stereocenters. The molecule has 1 aromatic rings. The van der Waals surface area contributed by atoms with Crippen LogP contribution in [-0.2, 0) is 0 Å². The van der Waals surface area contributed by atoms with E-state index in [1.54, 1.807) is 12.4 Å². The molecule has 5 heteroatoms. The van der Waals surface area contributed by atoms with Crippen molar-refractivity contribution in [3.05, 3.63) is 36.1 Å². The maximum Gasteiger partial charge on any atom is 0.116 e. The van der Waals surface area contributed by atoms with Gasteiger partial charge in [0.2, 0.25) is 0 Å². The van der Waals surface area contributed by atoms with Gasteiger partial charge in [-0.2, -0.15) is 5.26 Å². The van der Waals surface area contributed by atoms with E-state index in [4.69, 9.17) is 0 Å². The van der Waals surface area contributed by atoms with Crippen LogP contribution in [0.1, 0.15) is 16.8 Å². The van der Waals surface area contributed by atoms with E-state index < -0.39 is 0 Å². The number of thioether (sulfide) groups is 1. The Morgan fingerprint density at radius 2 is 2.32 bits per heavy atom. The first-order chi connectivity index (χ1) is 9.13. The summed E-state index contributed by atoms with van der Waals surface area (Å²) < 4.78 is 0. The van der Waals surface area contributed by atoms with E-state index in [1.807, 2.05) is 18.1 Å². The SMILES string of the molecule is C=CCN1C=Nc2c(C#N)c(SC)nc(C)c2C1=C. The Bertz CT molecular complexity index is 625. The summed E-state index contributed by atoms with van der Waals surface area (Å²) in [4.78, 5) is 10.8. The van der Waals surface area contributed by atoms with Gasteiger partial charge in [-0.3, -0.25) is 0 Å². The molecule has 0 bridgehead atoms. The molecule has 2 heterocycles. The first-order valence-electron chi connectivity index (χ1n) is 5.73. The summed E-state index contributed by atoms with van der Waals surface area (Å²) in [6.45, 7) is 10.3. The van der Waals surface area contributed by atoms with Crippen LogP contribution in [0.2, 0.25) is 0 Å². The maximum atomic E-state index is 9.32. The van der Waals surface area contributed by atoms with Crippen molar-refractivity contribution in [3.63, 3.8) is 0 Å². The molecule has 0 saturated carbocycles. The zero-order valence-electron chi connectivity index (χ0n) is 11.0. The molecule has 0 fully saturated rings. The van der Waals surface area contributed by atoms with Crippen molar-refractivity contribution < 1.29 is 0 Å². The highest BCUT2D eigenvalue weighted by molar-refractivity contribution is 7.98. The summed E-state index contributed by atoms with van der Waals surface area (Å²) in [5.74, 6) is 0. The van der Waals surface area contributed by atoms with Crippen LogP contribution in [0, 0.1) is 18.3 Å².